The van der Waals surface area contributed by atoms with Gasteiger partial charge in [-0.2, -0.15) is 0 Å². The lowest BCUT2D eigenvalue weighted by atomic mass is 10.1. The van der Waals surface area contributed by atoms with E-state index in [2.05, 4.69) is 14.9 Å². The van der Waals surface area contributed by atoms with E-state index in [4.69, 9.17) is 22.1 Å². The van der Waals surface area contributed by atoms with Gasteiger partial charge < -0.3 is 10.5 Å². The highest BCUT2D eigenvalue weighted by Crippen LogP contribution is 2.26. The molecule has 19 heavy (non-hydrogen) atoms. The highest BCUT2D eigenvalue weighted by molar-refractivity contribution is 6.32. The van der Waals surface area contributed by atoms with Crippen LogP contribution in [0.5, 0.6) is 5.75 Å². The minimum absolute atomic E-state index is 0.103. The van der Waals surface area contributed by atoms with Crippen LogP contribution in [0.4, 0.5) is 0 Å². The maximum atomic E-state index is 6.17. The topological polar surface area (TPSA) is 74.2 Å². The lowest BCUT2D eigenvalue weighted by Gasteiger charge is -2.10. The summed E-state index contributed by atoms with van der Waals surface area (Å²) in [7, 11) is 0. The Kier molecular flexibility index (Phi) is 4.39. The summed E-state index contributed by atoms with van der Waals surface area (Å²) in [4.78, 5) is 0. The normalized spacial score (nSPS) is 12.4. The fraction of sp³-hybridized carbons (Fsp3) is 0.385. The molecule has 5 nitrogen and oxygen atoms in total. The summed E-state index contributed by atoms with van der Waals surface area (Å²) < 4.78 is 10.2. The van der Waals surface area contributed by atoms with Crippen molar-refractivity contribution >= 4 is 11.6 Å². The van der Waals surface area contributed by atoms with Crippen molar-refractivity contribution in [3.63, 3.8) is 0 Å². The van der Waals surface area contributed by atoms with Crippen molar-refractivity contribution in [3.05, 3.63) is 40.2 Å². The summed E-state index contributed by atoms with van der Waals surface area (Å²) in [5, 5.41) is 7.99. The molecule has 0 aliphatic heterocycles. The molecule has 6 heteroatoms. The van der Waals surface area contributed by atoms with Crippen LogP contribution in [0, 0.1) is 6.92 Å². The first-order chi connectivity index (χ1) is 9.06. The average Bonchev–Trinajstić information content (AvgIpc) is 2.73. The van der Waals surface area contributed by atoms with Crippen LogP contribution in [-0.4, -0.2) is 16.4 Å². The standard InChI is InChI=1S/C13H16ClN3O2/c1-8(15)5-10-3-4-13(11(14)6-10)18-7-12-9(2)16-19-17-12/h3-4,6,8H,5,7,15H2,1-2H3. The van der Waals surface area contributed by atoms with Crippen molar-refractivity contribution < 1.29 is 9.37 Å². The summed E-state index contributed by atoms with van der Waals surface area (Å²) in [6.45, 7) is 4.04. The van der Waals surface area contributed by atoms with Crippen LogP contribution in [0.2, 0.25) is 5.02 Å². The summed E-state index contributed by atoms with van der Waals surface area (Å²) in [6.07, 6.45) is 0.784. The van der Waals surface area contributed by atoms with Gasteiger partial charge in [0, 0.05) is 6.04 Å². The molecule has 1 aromatic heterocycles. The second kappa shape index (κ2) is 6.04. The van der Waals surface area contributed by atoms with E-state index in [-0.39, 0.29) is 12.6 Å². The van der Waals surface area contributed by atoms with E-state index in [0.717, 1.165) is 12.0 Å². The lowest BCUT2D eigenvalue weighted by Crippen LogP contribution is -2.17. The zero-order valence-corrected chi connectivity index (χ0v) is 11.6. The summed E-state index contributed by atoms with van der Waals surface area (Å²) in [5.74, 6) is 0.609. The van der Waals surface area contributed by atoms with E-state index in [1.807, 2.05) is 32.0 Å². The second-order valence-corrected chi connectivity index (χ2v) is 4.94. The zero-order chi connectivity index (χ0) is 13.8. The van der Waals surface area contributed by atoms with Crippen LogP contribution >= 0.6 is 11.6 Å². The minimum Gasteiger partial charge on any atom is -0.486 e. The molecule has 0 aliphatic carbocycles. The summed E-state index contributed by atoms with van der Waals surface area (Å²) in [5.41, 5.74) is 8.22. The molecule has 0 amide bonds. The molecular formula is C13H16ClN3O2. The number of aryl methyl sites for hydroxylation is 1. The Morgan fingerprint density at radius 2 is 2.21 bits per heavy atom. The van der Waals surface area contributed by atoms with E-state index < -0.39 is 0 Å². The van der Waals surface area contributed by atoms with Crippen LogP contribution in [0.25, 0.3) is 0 Å². The van der Waals surface area contributed by atoms with Gasteiger partial charge in [0.1, 0.15) is 23.7 Å². The average molecular weight is 282 g/mol. The van der Waals surface area contributed by atoms with Crippen LogP contribution in [0.3, 0.4) is 0 Å². The van der Waals surface area contributed by atoms with Gasteiger partial charge >= 0.3 is 0 Å². The summed E-state index contributed by atoms with van der Waals surface area (Å²) in [6, 6.07) is 5.77. The molecule has 102 valence electrons. The van der Waals surface area contributed by atoms with Gasteiger partial charge in [-0.3, -0.25) is 0 Å². The molecule has 1 heterocycles. The van der Waals surface area contributed by atoms with Crippen molar-refractivity contribution in [1.29, 1.82) is 0 Å². The van der Waals surface area contributed by atoms with Crippen LogP contribution in [0.1, 0.15) is 23.9 Å². The molecule has 2 N–H and O–H groups in total. The van der Waals surface area contributed by atoms with E-state index in [9.17, 15) is 0 Å². The first-order valence-electron chi connectivity index (χ1n) is 6.01. The molecule has 0 fully saturated rings. The fourth-order valence-electron chi connectivity index (χ4n) is 1.69. The molecule has 0 bridgehead atoms. The number of ether oxygens (including phenoxy) is 1. The lowest BCUT2D eigenvalue weighted by molar-refractivity contribution is 0.270. The molecule has 0 saturated carbocycles. The van der Waals surface area contributed by atoms with Gasteiger partial charge in [0.25, 0.3) is 0 Å². The number of nitrogens with two attached hydrogens (primary N) is 1. The smallest absolute Gasteiger partial charge is 0.145 e. The molecule has 0 radical (unpaired) electrons. The second-order valence-electron chi connectivity index (χ2n) is 4.53. The predicted molar refractivity (Wildman–Crippen MR) is 72.2 cm³/mol. The number of benzene rings is 1. The number of hydrogen-bond donors (Lipinski definition) is 1. The number of rotatable bonds is 5. The van der Waals surface area contributed by atoms with E-state index >= 15 is 0 Å². The van der Waals surface area contributed by atoms with Crippen LogP contribution in [0.15, 0.2) is 22.8 Å². The molecule has 2 rings (SSSR count). The van der Waals surface area contributed by atoms with Crippen molar-refractivity contribution in [2.75, 3.05) is 0 Å². The SMILES string of the molecule is Cc1nonc1COc1ccc(CC(C)N)cc1Cl. The molecular weight excluding hydrogens is 266 g/mol. The zero-order valence-electron chi connectivity index (χ0n) is 10.9. The number of halogens is 1. The van der Waals surface area contributed by atoms with E-state index in [0.29, 0.717) is 22.2 Å². The van der Waals surface area contributed by atoms with Gasteiger partial charge in [-0.15, -0.1) is 0 Å². The first kappa shape index (κ1) is 13.8. The highest BCUT2D eigenvalue weighted by Gasteiger charge is 2.09. The van der Waals surface area contributed by atoms with Crippen molar-refractivity contribution in [2.45, 2.75) is 32.9 Å². The maximum absolute atomic E-state index is 6.17. The molecule has 1 atom stereocenters. The van der Waals surface area contributed by atoms with Gasteiger partial charge in [0.2, 0.25) is 0 Å². The van der Waals surface area contributed by atoms with Crippen LogP contribution < -0.4 is 10.5 Å². The quantitative estimate of drug-likeness (QED) is 0.911. The summed E-state index contributed by atoms with van der Waals surface area (Å²) >= 11 is 6.17. The molecule has 1 aromatic carbocycles. The number of nitrogens with zero attached hydrogens (tertiary/aromatic N) is 2. The fourth-order valence-corrected chi connectivity index (χ4v) is 1.94. The third kappa shape index (κ3) is 3.68. The molecule has 2 aromatic rings. The molecule has 0 aliphatic rings. The van der Waals surface area contributed by atoms with Gasteiger partial charge in [-0.05, 0) is 38.0 Å². The van der Waals surface area contributed by atoms with E-state index in [1.54, 1.807) is 0 Å². The third-order valence-corrected chi connectivity index (χ3v) is 2.96. The monoisotopic (exact) mass is 281 g/mol. The Balaban J connectivity index is 2.03. The first-order valence-corrected chi connectivity index (χ1v) is 6.39. The van der Waals surface area contributed by atoms with Crippen molar-refractivity contribution in [3.8, 4) is 5.75 Å². The number of hydrogen-bond acceptors (Lipinski definition) is 5. The minimum atomic E-state index is 0.103. The highest BCUT2D eigenvalue weighted by atomic mass is 35.5. The third-order valence-electron chi connectivity index (χ3n) is 2.66. The van der Waals surface area contributed by atoms with E-state index in [1.165, 1.54) is 0 Å². The Bertz CT molecular complexity index is 555. The molecule has 1 unspecified atom stereocenters. The van der Waals surface area contributed by atoms with Crippen molar-refractivity contribution in [2.24, 2.45) is 5.73 Å². The molecule has 0 saturated heterocycles. The maximum Gasteiger partial charge on any atom is 0.145 e. The Hall–Kier alpha value is -1.59. The van der Waals surface area contributed by atoms with Gasteiger partial charge in [0.15, 0.2) is 0 Å². The van der Waals surface area contributed by atoms with Crippen LogP contribution in [-0.2, 0) is 13.0 Å². The van der Waals surface area contributed by atoms with Gasteiger partial charge in [-0.25, -0.2) is 4.63 Å². The Morgan fingerprint density at radius 1 is 1.42 bits per heavy atom. The van der Waals surface area contributed by atoms with Gasteiger partial charge in [0.05, 0.1) is 5.02 Å². The van der Waals surface area contributed by atoms with Crippen molar-refractivity contribution in [1.82, 2.24) is 10.3 Å². The largest absolute Gasteiger partial charge is 0.486 e. The molecule has 0 spiro atoms. The predicted octanol–water partition coefficient (Wildman–Crippen LogP) is 2.50. The number of aromatic nitrogens is 2. The Labute approximate surface area is 116 Å². The van der Waals surface area contributed by atoms with Gasteiger partial charge in [-0.1, -0.05) is 28.0 Å². The Morgan fingerprint density at radius 3 is 2.79 bits per heavy atom.